The minimum absolute atomic E-state index is 0.00236. The standard InChI is InChI=1S/C34H31F3N4O3/c1-3-21-24(36)9-8-18-12-20(42)13-22(28(18)21)23-14-27-29-31(30(23)37)38-33(39-32(29)40(2)25-6-4-7-26(25)44-27)43-17-34-10-5-11-41(34)16-19(35)15-34/h1,8-9,12-14,19,25-26,42H,4-7,10-11,15-17H2,2H3/t19-,25+,26-,34+/m1/s1. The number of halogens is 3. The van der Waals surface area contributed by atoms with E-state index >= 15 is 4.39 Å². The van der Waals surface area contributed by atoms with Gasteiger partial charge in [-0.15, -0.1) is 6.42 Å². The Bertz CT molecular complexity index is 1890. The van der Waals surface area contributed by atoms with Gasteiger partial charge in [-0.2, -0.15) is 9.97 Å². The van der Waals surface area contributed by atoms with Crippen LogP contribution in [0.4, 0.5) is 19.0 Å². The van der Waals surface area contributed by atoms with E-state index in [4.69, 9.17) is 20.9 Å². The van der Waals surface area contributed by atoms with Gasteiger partial charge in [-0.3, -0.25) is 4.90 Å². The van der Waals surface area contributed by atoms with Crippen LogP contribution in [0.1, 0.15) is 44.1 Å². The van der Waals surface area contributed by atoms with E-state index in [-0.39, 0.29) is 52.7 Å². The zero-order valence-electron chi connectivity index (χ0n) is 24.2. The van der Waals surface area contributed by atoms with Crippen LogP contribution in [0.2, 0.25) is 0 Å². The molecular weight excluding hydrogens is 569 g/mol. The van der Waals surface area contributed by atoms with Gasteiger partial charge in [0.25, 0.3) is 0 Å². The van der Waals surface area contributed by atoms with E-state index in [2.05, 4.69) is 15.8 Å². The Balaban J connectivity index is 1.34. The summed E-state index contributed by atoms with van der Waals surface area (Å²) in [6.45, 7) is 1.40. The molecule has 3 aromatic carbocycles. The Kier molecular flexibility index (Phi) is 6.14. The van der Waals surface area contributed by atoms with Gasteiger partial charge in [-0.1, -0.05) is 12.0 Å². The van der Waals surface area contributed by atoms with Gasteiger partial charge in [0.1, 0.15) is 47.5 Å². The molecule has 0 spiro atoms. The van der Waals surface area contributed by atoms with Crippen molar-refractivity contribution in [3.8, 4) is 41.0 Å². The van der Waals surface area contributed by atoms with Crippen molar-refractivity contribution in [2.45, 2.75) is 62.4 Å². The fourth-order valence-electron chi connectivity index (χ4n) is 8.05. The lowest BCUT2D eigenvalue weighted by molar-refractivity contribution is 0.107. The van der Waals surface area contributed by atoms with Gasteiger partial charge in [0.2, 0.25) is 0 Å². The molecule has 4 aliphatic rings. The molecule has 4 atom stereocenters. The van der Waals surface area contributed by atoms with E-state index in [9.17, 15) is 13.9 Å². The molecule has 1 aromatic heterocycles. The summed E-state index contributed by atoms with van der Waals surface area (Å²) in [4.78, 5) is 13.5. The quantitative estimate of drug-likeness (QED) is 0.283. The molecule has 0 bridgehead atoms. The Morgan fingerprint density at radius 2 is 2.00 bits per heavy atom. The highest BCUT2D eigenvalue weighted by Crippen LogP contribution is 2.47. The molecule has 0 unspecified atom stereocenters. The van der Waals surface area contributed by atoms with Gasteiger partial charge in [-0.05, 0) is 73.9 Å². The number of hydrogen-bond acceptors (Lipinski definition) is 7. The van der Waals surface area contributed by atoms with E-state index in [0.717, 1.165) is 38.6 Å². The molecule has 44 heavy (non-hydrogen) atoms. The number of benzene rings is 3. The number of aromatic hydroxyl groups is 1. The van der Waals surface area contributed by atoms with E-state index in [1.54, 1.807) is 6.07 Å². The molecule has 10 heteroatoms. The Morgan fingerprint density at radius 1 is 1.14 bits per heavy atom. The molecule has 2 saturated heterocycles. The second kappa shape index (κ2) is 9.89. The third-order valence-electron chi connectivity index (χ3n) is 10.1. The van der Waals surface area contributed by atoms with Crippen LogP contribution >= 0.6 is 0 Å². The minimum Gasteiger partial charge on any atom is -0.508 e. The molecule has 1 aliphatic carbocycles. The number of aromatic nitrogens is 2. The topological polar surface area (TPSA) is 71.0 Å². The summed E-state index contributed by atoms with van der Waals surface area (Å²) >= 11 is 0. The lowest BCUT2D eigenvalue weighted by Crippen LogP contribution is -2.43. The zero-order chi connectivity index (χ0) is 30.3. The van der Waals surface area contributed by atoms with Gasteiger partial charge >= 0.3 is 6.01 Å². The number of hydrogen-bond donors (Lipinski definition) is 1. The minimum atomic E-state index is -0.916. The summed E-state index contributed by atoms with van der Waals surface area (Å²) in [5.74, 6) is 1.83. The average molecular weight is 601 g/mol. The molecule has 4 heterocycles. The molecule has 8 rings (SSSR count). The number of phenolic OH excluding ortho intramolecular Hbond substituents is 1. The lowest BCUT2D eigenvalue weighted by atomic mass is 9.92. The maximum atomic E-state index is 16.9. The molecule has 1 N–H and O–H groups in total. The van der Waals surface area contributed by atoms with Gasteiger partial charge in [0.05, 0.1) is 22.5 Å². The van der Waals surface area contributed by atoms with E-state index in [0.29, 0.717) is 40.7 Å². The Hall–Kier alpha value is -4.23. The summed E-state index contributed by atoms with van der Waals surface area (Å²) in [5.41, 5.74) is -0.207. The molecule has 3 fully saturated rings. The number of terminal acetylenes is 1. The largest absolute Gasteiger partial charge is 0.508 e. The van der Waals surface area contributed by atoms with E-state index in [1.165, 1.54) is 24.3 Å². The van der Waals surface area contributed by atoms with Crippen molar-refractivity contribution in [1.82, 2.24) is 14.9 Å². The summed E-state index contributed by atoms with van der Waals surface area (Å²) in [6, 6.07) is 7.15. The third kappa shape index (κ3) is 4.02. The van der Waals surface area contributed by atoms with Crippen molar-refractivity contribution in [3.05, 3.63) is 47.5 Å². The van der Waals surface area contributed by atoms with E-state index < -0.39 is 23.3 Å². The van der Waals surface area contributed by atoms with Crippen molar-refractivity contribution in [3.63, 3.8) is 0 Å². The highest BCUT2D eigenvalue weighted by atomic mass is 19.1. The van der Waals surface area contributed by atoms with Crippen LogP contribution in [0.15, 0.2) is 30.3 Å². The smallest absolute Gasteiger partial charge is 0.319 e. The molecule has 3 aliphatic heterocycles. The molecule has 7 nitrogen and oxygen atoms in total. The molecule has 0 amide bonds. The van der Waals surface area contributed by atoms with Gasteiger partial charge in [0.15, 0.2) is 5.82 Å². The summed E-state index contributed by atoms with van der Waals surface area (Å²) in [7, 11) is 1.92. The number of anilines is 1. The first kappa shape index (κ1) is 27.3. The normalized spacial score (nSPS) is 26.0. The Morgan fingerprint density at radius 3 is 2.84 bits per heavy atom. The molecule has 1 saturated carbocycles. The second-order valence-electron chi connectivity index (χ2n) is 12.6. The highest BCUT2D eigenvalue weighted by Gasteiger charge is 2.49. The highest BCUT2D eigenvalue weighted by molar-refractivity contribution is 6.05. The number of rotatable bonds is 4. The first-order chi connectivity index (χ1) is 21.3. The van der Waals surface area contributed by atoms with Gasteiger partial charge in [-0.25, -0.2) is 13.2 Å². The van der Waals surface area contributed by atoms with Gasteiger partial charge in [0, 0.05) is 31.0 Å². The lowest BCUT2D eigenvalue weighted by Gasteiger charge is -2.31. The summed E-state index contributed by atoms with van der Waals surface area (Å²) in [5, 5.41) is 11.8. The first-order valence-corrected chi connectivity index (χ1v) is 15.1. The van der Waals surface area contributed by atoms with Crippen molar-refractivity contribution in [2.75, 3.05) is 31.6 Å². The fourth-order valence-corrected chi connectivity index (χ4v) is 8.05. The number of nitrogens with zero attached hydrogens (tertiary/aromatic N) is 4. The summed E-state index contributed by atoms with van der Waals surface area (Å²) < 4.78 is 59.0. The van der Waals surface area contributed by atoms with Crippen LogP contribution in [0, 0.1) is 24.0 Å². The molecule has 0 radical (unpaired) electrons. The summed E-state index contributed by atoms with van der Waals surface area (Å²) in [6.07, 6.45) is 9.46. The Labute approximate surface area is 252 Å². The van der Waals surface area contributed by atoms with Crippen LogP contribution in [-0.4, -0.2) is 70.6 Å². The fraction of sp³-hybridized carbons (Fsp3) is 0.412. The molecule has 4 aromatic rings. The number of alkyl halides is 1. The van der Waals surface area contributed by atoms with Crippen LogP contribution in [0.3, 0.4) is 0 Å². The van der Waals surface area contributed by atoms with Crippen molar-refractivity contribution in [2.24, 2.45) is 0 Å². The van der Waals surface area contributed by atoms with Crippen molar-refractivity contribution < 1.29 is 27.8 Å². The number of fused-ring (bicyclic) bond motifs is 3. The second-order valence-corrected chi connectivity index (χ2v) is 12.6. The molecular formula is C34H31F3N4O3. The number of phenols is 1. The van der Waals surface area contributed by atoms with Crippen LogP contribution in [0.5, 0.6) is 17.5 Å². The van der Waals surface area contributed by atoms with Gasteiger partial charge < -0.3 is 19.5 Å². The average Bonchev–Trinajstić information content (AvgIpc) is 3.69. The molecule has 226 valence electrons. The van der Waals surface area contributed by atoms with Crippen molar-refractivity contribution >= 4 is 27.5 Å². The number of ether oxygens (including phenoxy) is 2. The van der Waals surface area contributed by atoms with Crippen LogP contribution in [0.25, 0.3) is 32.8 Å². The third-order valence-corrected chi connectivity index (χ3v) is 10.1. The maximum Gasteiger partial charge on any atom is 0.319 e. The van der Waals surface area contributed by atoms with Crippen LogP contribution in [-0.2, 0) is 0 Å². The van der Waals surface area contributed by atoms with Crippen LogP contribution < -0.4 is 14.4 Å². The number of likely N-dealkylation sites (N-methyl/N-ethyl adjacent to an activating group) is 1. The van der Waals surface area contributed by atoms with E-state index in [1.807, 2.05) is 11.9 Å². The maximum absolute atomic E-state index is 16.9. The first-order valence-electron chi connectivity index (χ1n) is 15.1. The zero-order valence-corrected chi connectivity index (χ0v) is 24.2. The SMILES string of the molecule is C#Cc1c(F)ccc2cc(O)cc(-c3cc4c5c(nc(OC[C@@]67CCCN6C[C@H](F)C7)nc5c3F)N(C)[C@H]3CCC[C@H]3O4)c12. The van der Waals surface area contributed by atoms with Crippen molar-refractivity contribution in [1.29, 1.82) is 0 Å². The predicted molar refractivity (Wildman–Crippen MR) is 161 cm³/mol. The monoisotopic (exact) mass is 600 g/mol. The predicted octanol–water partition coefficient (Wildman–Crippen LogP) is 6.12.